The van der Waals surface area contributed by atoms with Gasteiger partial charge in [0, 0.05) is 5.56 Å². The molecule has 24 heavy (non-hydrogen) atoms. The lowest BCUT2D eigenvalue weighted by Crippen LogP contribution is -2.29. The van der Waals surface area contributed by atoms with Gasteiger partial charge in [0.2, 0.25) is 0 Å². The van der Waals surface area contributed by atoms with Crippen LogP contribution in [-0.4, -0.2) is 24.5 Å². The quantitative estimate of drug-likeness (QED) is 0.638. The zero-order valence-corrected chi connectivity index (χ0v) is 11.8. The number of benzene rings is 2. The van der Waals surface area contributed by atoms with E-state index in [0.717, 1.165) is 17.0 Å². The summed E-state index contributed by atoms with van der Waals surface area (Å²) in [5, 5.41) is 0. The topological polar surface area (TPSA) is 63.7 Å². The van der Waals surface area contributed by atoms with E-state index in [1.165, 1.54) is 30.3 Å². The Bertz CT molecular complexity index is 843. The largest absolute Gasteiger partial charge is 0.573 e. The lowest BCUT2D eigenvalue weighted by molar-refractivity contribution is -0.274. The van der Waals surface area contributed by atoms with Crippen molar-refractivity contribution in [1.29, 1.82) is 0 Å². The lowest BCUT2D eigenvalue weighted by atomic mass is 10.1. The standard InChI is InChI=1S/C16H8F3NO4/c17-16(18,19)24-11-4-2-10(3-5-11)20-14(22)12-6-1-9(8-21)7-13(12)15(20)23/h1-8H. The number of rotatable bonds is 3. The molecular formula is C16H8F3NO4. The fraction of sp³-hybridized carbons (Fsp3) is 0.0625. The van der Waals surface area contributed by atoms with Crippen molar-refractivity contribution in [2.75, 3.05) is 4.90 Å². The summed E-state index contributed by atoms with van der Waals surface area (Å²) >= 11 is 0. The number of carbonyl (C=O) groups excluding carboxylic acids is 3. The molecule has 0 atom stereocenters. The van der Waals surface area contributed by atoms with Crippen LogP contribution in [0.1, 0.15) is 31.1 Å². The van der Waals surface area contributed by atoms with Crippen LogP contribution in [0.4, 0.5) is 18.9 Å². The third kappa shape index (κ3) is 2.73. The van der Waals surface area contributed by atoms with Crippen LogP contribution >= 0.6 is 0 Å². The zero-order valence-electron chi connectivity index (χ0n) is 11.8. The number of ether oxygens (including phenoxy) is 1. The summed E-state index contributed by atoms with van der Waals surface area (Å²) in [5.41, 5.74) is 0.537. The Morgan fingerprint density at radius 2 is 1.54 bits per heavy atom. The first kappa shape index (κ1) is 15.7. The van der Waals surface area contributed by atoms with Gasteiger partial charge in [-0.15, -0.1) is 13.2 Å². The van der Waals surface area contributed by atoms with Crippen molar-refractivity contribution in [3.63, 3.8) is 0 Å². The van der Waals surface area contributed by atoms with Crippen LogP contribution in [0.2, 0.25) is 0 Å². The maximum absolute atomic E-state index is 12.4. The molecule has 122 valence electrons. The highest BCUT2D eigenvalue weighted by Gasteiger charge is 2.37. The molecule has 0 radical (unpaired) electrons. The van der Waals surface area contributed by atoms with Gasteiger partial charge in [-0.05, 0) is 36.4 Å². The van der Waals surface area contributed by atoms with Crippen LogP contribution in [0.15, 0.2) is 42.5 Å². The number of halogens is 3. The van der Waals surface area contributed by atoms with E-state index < -0.39 is 23.9 Å². The first-order valence-electron chi connectivity index (χ1n) is 6.64. The van der Waals surface area contributed by atoms with Crippen LogP contribution < -0.4 is 9.64 Å². The Balaban J connectivity index is 1.92. The molecule has 1 aliphatic rings. The highest BCUT2D eigenvalue weighted by molar-refractivity contribution is 6.34. The Kier molecular flexibility index (Phi) is 3.59. The minimum Gasteiger partial charge on any atom is -0.406 e. The predicted octanol–water partition coefficient (Wildman–Crippen LogP) is 3.20. The van der Waals surface area contributed by atoms with E-state index in [-0.39, 0.29) is 22.4 Å². The van der Waals surface area contributed by atoms with E-state index in [1.807, 2.05) is 0 Å². The third-order valence-electron chi connectivity index (χ3n) is 3.38. The van der Waals surface area contributed by atoms with Crippen LogP contribution in [0.5, 0.6) is 5.75 Å². The molecule has 0 aliphatic carbocycles. The molecule has 0 saturated carbocycles. The molecule has 0 aromatic heterocycles. The Labute approximate surface area is 133 Å². The molecule has 0 bridgehead atoms. The molecule has 2 aromatic rings. The Morgan fingerprint density at radius 1 is 0.917 bits per heavy atom. The number of nitrogens with zero attached hydrogens (tertiary/aromatic N) is 1. The number of carbonyl (C=O) groups is 3. The number of fused-ring (bicyclic) bond motifs is 1. The molecule has 2 amide bonds. The molecular weight excluding hydrogens is 327 g/mol. The average Bonchev–Trinajstić information content (AvgIpc) is 2.78. The second-order valence-electron chi connectivity index (χ2n) is 4.91. The molecule has 1 heterocycles. The maximum Gasteiger partial charge on any atom is 0.573 e. The highest BCUT2D eigenvalue weighted by Crippen LogP contribution is 2.31. The number of imide groups is 1. The van der Waals surface area contributed by atoms with E-state index in [1.54, 1.807) is 0 Å². The van der Waals surface area contributed by atoms with Gasteiger partial charge in [0.15, 0.2) is 0 Å². The van der Waals surface area contributed by atoms with Crippen LogP contribution in [0, 0.1) is 0 Å². The van der Waals surface area contributed by atoms with Gasteiger partial charge in [0.1, 0.15) is 12.0 Å². The normalized spacial score (nSPS) is 13.9. The summed E-state index contributed by atoms with van der Waals surface area (Å²) in [5.74, 6) is -1.73. The number of anilines is 1. The number of aldehydes is 1. The first-order valence-corrected chi connectivity index (χ1v) is 6.64. The van der Waals surface area contributed by atoms with E-state index >= 15 is 0 Å². The minimum absolute atomic E-state index is 0.0696. The Morgan fingerprint density at radius 3 is 2.12 bits per heavy atom. The van der Waals surface area contributed by atoms with Crippen molar-refractivity contribution >= 4 is 23.8 Å². The summed E-state index contributed by atoms with van der Waals surface area (Å²) in [6.07, 6.45) is -4.29. The van der Waals surface area contributed by atoms with Gasteiger partial charge >= 0.3 is 6.36 Å². The average molecular weight is 335 g/mol. The van der Waals surface area contributed by atoms with Crippen molar-refractivity contribution in [3.8, 4) is 5.75 Å². The summed E-state index contributed by atoms with van der Waals surface area (Å²) in [6.45, 7) is 0. The predicted molar refractivity (Wildman–Crippen MR) is 76.1 cm³/mol. The monoisotopic (exact) mass is 335 g/mol. The van der Waals surface area contributed by atoms with E-state index in [9.17, 15) is 27.6 Å². The van der Waals surface area contributed by atoms with Gasteiger partial charge < -0.3 is 4.74 Å². The molecule has 0 saturated heterocycles. The van der Waals surface area contributed by atoms with Gasteiger partial charge in [-0.25, -0.2) is 4.90 Å². The van der Waals surface area contributed by atoms with Gasteiger partial charge in [0.05, 0.1) is 16.8 Å². The fourth-order valence-corrected chi connectivity index (χ4v) is 2.36. The molecule has 1 aliphatic heterocycles. The summed E-state index contributed by atoms with van der Waals surface area (Å²) in [6, 6.07) is 8.41. The van der Waals surface area contributed by atoms with E-state index in [0.29, 0.717) is 6.29 Å². The van der Waals surface area contributed by atoms with Crippen molar-refractivity contribution in [1.82, 2.24) is 0 Å². The van der Waals surface area contributed by atoms with Gasteiger partial charge in [-0.3, -0.25) is 14.4 Å². The SMILES string of the molecule is O=Cc1ccc2c(c1)C(=O)N(c1ccc(OC(F)(F)F)cc1)C2=O. The minimum atomic E-state index is -4.83. The smallest absolute Gasteiger partial charge is 0.406 e. The molecule has 8 heteroatoms. The highest BCUT2D eigenvalue weighted by atomic mass is 19.4. The molecule has 0 unspecified atom stereocenters. The molecule has 2 aromatic carbocycles. The first-order chi connectivity index (χ1) is 11.3. The van der Waals surface area contributed by atoms with Crippen molar-refractivity contribution < 1.29 is 32.3 Å². The van der Waals surface area contributed by atoms with Gasteiger partial charge in [-0.2, -0.15) is 0 Å². The number of amides is 2. The summed E-state index contributed by atoms with van der Waals surface area (Å²) in [7, 11) is 0. The van der Waals surface area contributed by atoms with Crippen molar-refractivity contribution in [2.45, 2.75) is 6.36 Å². The molecule has 3 rings (SSSR count). The van der Waals surface area contributed by atoms with Crippen molar-refractivity contribution in [3.05, 3.63) is 59.2 Å². The van der Waals surface area contributed by atoms with Gasteiger partial charge in [0.25, 0.3) is 11.8 Å². The summed E-state index contributed by atoms with van der Waals surface area (Å²) < 4.78 is 40.2. The lowest BCUT2D eigenvalue weighted by Gasteiger charge is -2.15. The Hall–Kier alpha value is -3.16. The molecule has 0 N–H and O–H groups in total. The van der Waals surface area contributed by atoms with Crippen LogP contribution in [-0.2, 0) is 0 Å². The third-order valence-corrected chi connectivity index (χ3v) is 3.38. The van der Waals surface area contributed by atoms with E-state index in [4.69, 9.17) is 0 Å². The fourth-order valence-electron chi connectivity index (χ4n) is 2.36. The number of hydrogen-bond acceptors (Lipinski definition) is 4. The molecule has 0 fully saturated rings. The maximum atomic E-state index is 12.4. The van der Waals surface area contributed by atoms with Crippen LogP contribution in [0.3, 0.4) is 0 Å². The van der Waals surface area contributed by atoms with E-state index in [2.05, 4.69) is 4.74 Å². The molecule has 5 nitrogen and oxygen atoms in total. The number of alkyl halides is 3. The second-order valence-corrected chi connectivity index (χ2v) is 4.91. The summed E-state index contributed by atoms with van der Waals surface area (Å²) in [4.78, 5) is 36.3. The zero-order chi connectivity index (χ0) is 17.5. The van der Waals surface area contributed by atoms with Gasteiger partial charge in [-0.1, -0.05) is 6.07 Å². The number of hydrogen-bond donors (Lipinski definition) is 0. The van der Waals surface area contributed by atoms with Crippen LogP contribution in [0.25, 0.3) is 0 Å². The second kappa shape index (κ2) is 5.48. The molecule has 0 spiro atoms. The van der Waals surface area contributed by atoms with Crippen molar-refractivity contribution in [2.24, 2.45) is 0 Å².